The molecular formula is C30H32N4O3. The Morgan fingerprint density at radius 2 is 1.84 bits per heavy atom. The van der Waals surface area contributed by atoms with Crippen LogP contribution in [-0.2, 0) is 13.1 Å². The van der Waals surface area contributed by atoms with E-state index >= 15 is 0 Å². The van der Waals surface area contributed by atoms with Crippen LogP contribution >= 0.6 is 0 Å². The van der Waals surface area contributed by atoms with Crippen LogP contribution in [0.2, 0.25) is 0 Å². The van der Waals surface area contributed by atoms with Gasteiger partial charge >= 0.3 is 0 Å². The Kier molecular flexibility index (Phi) is 7.46. The third kappa shape index (κ3) is 5.34. The number of ether oxygens (including phenoxy) is 1. The first kappa shape index (κ1) is 24.9. The smallest absolute Gasteiger partial charge is 0.183 e. The maximum atomic E-state index is 13.4. The largest absolute Gasteiger partial charge is 0.497 e. The second-order valence-electron chi connectivity index (χ2n) is 9.41. The van der Waals surface area contributed by atoms with Crippen molar-refractivity contribution < 1.29 is 14.6 Å². The minimum atomic E-state index is -0.0917. The molecule has 0 fully saturated rings. The van der Waals surface area contributed by atoms with Crippen LogP contribution in [0, 0.1) is 0 Å². The lowest BCUT2D eigenvalue weighted by Crippen LogP contribution is -2.21. The number of rotatable bonds is 8. The van der Waals surface area contributed by atoms with Gasteiger partial charge in [0.1, 0.15) is 17.8 Å². The Hall–Kier alpha value is -3.78. The first-order valence-electron chi connectivity index (χ1n) is 12.5. The molecule has 3 aromatic carbocycles. The van der Waals surface area contributed by atoms with Gasteiger partial charge in [-0.3, -0.25) is 14.3 Å². The van der Waals surface area contributed by atoms with Crippen molar-refractivity contribution in [1.82, 2.24) is 19.8 Å². The van der Waals surface area contributed by atoms with Crippen molar-refractivity contribution in [1.29, 1.82) is 0 Å². The predicted octanol–water partition coefficient (Wildman–Crippen LogP) is 4.39. The van der Waals surface area contributed by atoms with E-state index in [1.807, 2.05) is 48.0 Å². The van der Waals surface area contributed by atoms with Crippen LogP contribution in [0.15, 0.2) is 79.1 Å². The Morgan fingerprint density at radius 1 is 1.08 bits per heavy atom. The van der Waals surface area contributed by atoms with Crippen LogP contribution in [0.4, 0.5) is 0 Å². The molecule has 2 heterocycles. The van der Waals surface area contributed by atoms with E-state index in [1.54, 1.807) is 13.4 Å². The quantitative estimate of drug-likeness (QED) is 0.377. The molecule has 7 heteroatoms. The standard InChI is InChI=1S/C30H32N4O3/c1-33(15-16-35)19-23-5-3-4-6-26(23)21-7-9-22(10-8-21)27-17-29(36)30-28(18-31-27)32-20-34(30)24-11-13-25(37-2)14-12-24/h3-14,20,27,31,35H,15-19H2,1-2H3. The summed E-state index contributed by atoms with van der Waals surface area (Å²) in [7, 11) is 3.65. The van der Waals surface area contributed by atoms with Gasteiger partial charge in [0.05, 0.1) is 19.4 Å². The summed E-state index contributed by atoms with van der Waals surface area (Å²) < 4.78 is 7.13. The van der Waals surface area contributed by atoms with Crippen molar-refractivity contribution >= 4 is 5.78 Å². The molecule has 4 aromatic rings. The molecule has 1 aliphatic heterocycles. The SMILES string of the molecule is COc1ccc(-n2cnc3c2C(=O)CC(c2ccc(-c4ccccc4CN(C)CCO)cc2)NC3)cc1. The highest BCUT2D eigenvalue weighted by atomic mass is 16.5. The first-order chi connectivity index (χ1) is 18.1. The molecule has 0 bridgehead atoms. The average Bonchev–Trinajstić information content (AvgIpc) is 3.28. The Labute approximate surface area is 217 Å². The molecule has 7 nitrogen and oxygen atoms in total. The molecule has 0 aliphatic carbocycles. The summed E-state index contributed by atoms with van der Waals surface area (Å²) in [5, 5.41) is 12.8. The number of Topliss-reactive ketones (excluding diaryl/α,β-unsaturated/α-hetero) is 1. The summed E-state index contributed by atoms with van der Waals surface area (Å²) in [5.41, 5.74) is 6.88. The average molecular weight is 497 g/mol. The molecule has 0 saturated carbocycles. The number of imidazole rings is 1. The van der Waals surface area contributed by atoms with Crippen molar-refractivity contribution in [2.24, 2.45) is 0 Å². The molecule has 0 saturated heterocycles. The molecule has 1 unspecified atom stereocenters. The van der Waals surface area contributed by atoms with Crippen LogP contribution in [-0.4, -0.2) is 52.6 Å². The van der Waals surface area contributed by atoms with Gasteiger partial charge in [0.15, 0.2) is 5.78 Å². The van der Waals surface area contributed by atoms with E-state index in [1.165, 1.54) is 11.1 Å². The van der Waals surface area contributed by atoms with Crippen molar-refractivity contribution in [3.63, 3.8) is 0 Å². The van der Waals surface area contributed by atoms with E-state index in [4.69, 9.17) is 4.74 Å². The van der Waals surface area contributed by atoms with E-state index in [0.717, 1.165) is 34.8 Å². The van der Waals surface area contributed by atoms with Gasteiger partial charge in [-0.2, -0.15) is 0 Å². The molecule has 1 aliphatic rings. The molecule has 2 N–H and O–H groups in total. The zero-order valence-electron chi connectivity index (χ0n) is 21.2. The molecule has 5 rings (SSSR count). The van der Waals surface area contributed by atoms with Crippen molar-refractivity contribution in [3.05, 3.63) is 102 Å². The second-order valence-corrected chi connectivity index (χ2v) is 9.41. The number of benzene rings is 3. The number of aromatic nitrogens is 2. The number of hydrogen-bond acceptors (Lipinski definition) is 6. The molecule has 0 radical (unpaired) electrons. The minimum absolute atomic E-state index is 0.0691. The number of methoxy groups -OCH3 is 1. The summed E-state index contributed by atoms with van der Waals surface area (Å²) in [6.07, 6.45) is 2.08. The number of ketones is 1. The zero-order chi connectivity index (χ0) is 25.8. The van der Waals surface area contributed by atoms with Gasteiger partial charge in [-0.1, -0.05) is 48.5 Å². The molecule has 1 atom stereocenters. The molecular weight excluding hydrogens is 464 g/mol. The number of aliphatic hydroxyl groups is 1. The molecule has 190 valence electrons. The second kappa shape index (κ2) is 11.1. The van der Waals surface area contributed by atoms with Crippen molar-refractivity contribution in [3.8, 4) is 22.6 Å². The third-order valence-corrected chi connectivity index (χ3v) is 6.93. The van der Waals surface area contributed by atoms with Gasteiger partial charge in [-0.25, -0.2) is 4.98 Å². The molecule has 0 spiro atoms. The van der Waals surface area contributed by atoms with E-state index in [-0.39, 0.29) is 18.4 Å². The third-order valence-electron chi connectivity index (χ3n) is 6.93. The highest BCUT2D eigenvalue weighted by Crippen LogP contribution is 2.30. The van der Waals surface area contributed by atoms with E-state index in [9.17, 15) is 9.90 Å². The van der Waals surface area contributed by atoms with Gasteiger partial charge in [0, 0.05) is 37.8 Å². The first-order valence-corrected chi connectivity index (χ1v) is 12.5. The number of hydrogen-bond donors (Lipinski definition) is 2. The Balaban J connectivity index is 1.35. The maximum Gasteiger partial charge on any atom is 0.183 e. The number of carbonyl (C=O) groups is 1. The van der Waals surface area contributed by atoms with Gasteiger partial charge in [-0.05, 0) is 53.6 Å². The summed E-state index contributed by atoms with van der Waals surface area (Å²) in [6, 6.07) is 24.4. The molecule has 1 aromatic heterocycles. The summed E-state index contributed by atoms with van der Waals surface area (Å²) in [6.45, 7) is 2.06. The Morgan fingerprint density at radius 3 is 2.57 bits per heavy atom. The van der Waals surface area contributed by atoms with Crippen LogP contribution in [0.3, 0.4) is 0 Å². The van der Waals surface area contributed by atoms with E-state index in [2.05, 4.69) is 51.6 Å². The number of likely N-dealkylation sites (N-methyl/N-ethyl adjacent to an activating group) is 1. The summed E-state index contributed by atoms with van der Waals surface area (Å²) in [4.78, 5) is 20.1. The van der Waals surface area contributed by atoms with E-state index in [0.29, 0.717) is 25.2 Å². The maximum absolute atomic E-state index is 13.4. The van der Waals surface area contributed by atoms with Crippen LogP contribution in [0.25, 0.3) is 16.8 Å². The number of aliphatic hydroxyl groups excluding tert-OH is 1. The van der Waals surface area contributed by atoms with Gasteiger partial charge in [0.25, 0.3) is 0 Å². The lowest BCUT2D eigenvalue weighted by atomic mass is 9.95. The highest BCUT2D eigenvalue weighted by molar-refractivity contribution is 5.97. The number of nitrogens with one attached hydrogen (secondary N) is 1. The lowest BCUT2D eigenvalue weighted by molar-refractivity contribution is 0.0966. The topological polar surface area (TPSA) is 79.6 Å². The monoisotopic (exact) mass is 496 g/mol. The van der Waals surface area contributed by atoms with E-state index < -0.39 is 0 Å². The molecule has 37 heavy (non-hydrogen) atoms. The summed E-state index contributed by atoms with van der Waals surface area (Å²) in [5.74, 6) is 0.839. The lowest BCUT2D eigenvalue weighted by Gasteiger charge is -2.19. The minimum Gasteiger partial charge on any atom is -0.497 e. The highest BCUT2D eigenvalue weighted by Gasteiger charge is 2.27. The fourth-order valence-corrected chi connectivity index (χ4v) is 4.93. The molecule has 0 amide bonds. The zero-order valence-corrected chi connectivity index (χ0v) is 21.2. The normalized spacial score (nSPS) is 15.5. The number of carbonyl (C=O) groups excluding carboxylic acids is 1. The van der Waals surface area contributed by atoms with Crippen LogP contribution < -0.4 is 10.1 Å². The van der Waals surface area contributed by atoms with Gasteiger partial charge < -0.3 is 15.2 Å². The fourth-order valence-electron chi connectivity index (χ4n) is 4.93. The van der Waals surface area contributed by atoms with Crippen LogP contribution in [0.1, 0.15) is 39.8 Å². The van der Waals surface area contributed by atoms with Gasteiger partial charge in [0.2, 0.25) is 0 Å². The van der Waals surface area contributed by atoms with Crippen molar-refractivity contribution in [2.75, 3.05) is 27.3 Å². The van der Waals surface area contributed by atoms with Crippen molar-refractivity contribution in [2.45, 2.75) is 25.6 Å². The predicted molar refractivity (Wildman–Crippen MR) is 144 cm³/mol. The van der Waals surface area contributed by atoms with Crippen LogP contribution in [0.5, 0.6) is 5.75 Å². The summed E-state index contributed by atoms with van der Waals surface area (Å²) >= 11 is 0. The fraction of sp³-hybridized carbons (Fsp3) is 0.267. The number of fused-ring (bicyclic) bond motifs is 1. The Bertz CT molecular complexity index is 1360. The van der Waals surface area contributed by atoms with Gasteiger partial charge in [-0.15, -0.1) is 0 Å². The number of nitrogens with zero attached hydrogens (tertiary/aromatic N) is 3.